The standard InChI is InChI=1S/C22H25ClO2S/c1-4-5-9-18(10-6-8-17(2)23)21-11-7-12-22(21)19-13-15-20(16-14-19)26(3,24)25/h6,8-9,13-17H,7,10-12H2,1-3H3/b8-6-,18-9+. The number of hydrogen-bond donors (Lipinski definition) is 0. The second-order valence-electron chi connectivity index (χ2n) is 6.48. The van der Waals surface area contributed by atoms with Crippen molar-refractivity contribution in [1.29, 1.82) is 0 Å². The van der Waals surface area contributed by atoms with Crippen LogP contribution in [0.25, 0.3) is 5.57 Å². The first kappa shape index (κ1) is 20.6. The Kier molecular flexibility index (Phi) is 7.32. The average molecular weight is 389 g/mol. The van der Waals surface area contributed by atoms with Crippen molar-refractivity contribution in [3.63, 3.8) is 0 Å². The van der Waals surface area contributed by atoms with Crippen molar-refractivity contribution >= 4 is 27.0 Å². The third-order valence-corrected chi connectivity index (χ3v) is 5.64. The summed E-state index contributed by atoms with van der Waals surface area (Å²) < 4.78 is 23.3. The van der Waals surface area contributed by atoms with Gasteiger partial charge in [0.15, 0.2) is 9.84 Å². The minimum Gasteiger partial charge on any atom is -0.224 e. The van der Waals surface area contributed by atoms with Crippen molar-refractivity contribution in [2.75, 3.05) is 6.26 Å². The van der Waals surface area contributed by atoms with E-state index in [4.69, 9.17) is 11.6 Å². The van der Waals surface area contributed by atoms with Gasteiger partial charge in [-0.05, 0) is 80.0 Å². The number of alkyl halides is 1. The molecular weight excluding hydrogens is 364 g/mol. The summed E-state index contributed by atoms with van der Waals surface area (Å²) in [6.07, 6.45) is 11.2. The Bertz CT molecular complexity index is 890. The van der Waals surface area contributed by atoms with Crippen LogP contribution >= 0.6 is 11.6 Å². The Hall–Kier alpha value is -1.76. The lowest BCUT2D eigenvalue weighted by Crippen LogP contribution is -1.97. The zero-order valence-electron chi connectivity index (χ0n) is 15.5. The van der Waals surface area contributed by atoms with Gasteiger partial charge in [-0.3, -0.25) is 0 Å². The number of halogens is 1. The van der Waals surface area contributed by atoms with E-state index in [1.165, 1.54) is 23.0 Å². The fraction of sp³-hybridized carbons (Fsp3) is 0.364. The molecule has 2 nitrogen and oxygen atoms in total. The van der Waals surface area contributed by atoms with E-state index in [-0.39, 0.29) is 5.38 Å². The van der Waals surface area contributed by atoms with E-state index in [0.717, 1.165) is 31.2 Å². The smallest absolute Gasteiger partial charge is 0.175 e. The normalized spacial score (nSPS) is 16.7. The van der Waals surface area contributed by atoms with Crippen molar-refractivity contribution in [2.24, 2.45) is 0 Å². The molecule has 0 saturated carbocycles. The number of rotatable bonds is 6. The Labute approximate surface area is 162 Å². The lowest BCUT2D eigenvalue weighted by Gasteiger charge is -2.11. The topological polar surface area (TPSA) is 34.1 Å². The number of sulfone groups is 1. The maximum atomic E-state index is 11.7. The molecular formula is C22H25ClO2S. The molecule has 0 bridgehead atoms. The van der Waals surface area contributed by atoms with Gasteiger partial charge in [-0.15, -0.1) is 17.5 Å². The molecule has 0 heterocycles. The summed E-state index contributed by atoms with van der Waals surface area (Å²) in [4.78, 5) is 0.355. The van der Waals surface area contributed by atoms with Gasteiger partial charge in [-0.1, -0.05) is 30.2 Å². The highest BCUT2D eigenvalue weighted by atomic mass is 35.5. The van der Waals surface area contributed by atoms with Crippen LogP contribution < -0.4 is 0 Å². The first-order valence-corrected chi connectivity index (χ1v) is 11.1. The molecule has 0 saturated heterocycles. The van der Waals surface area contributed by atoms with Gasteiger partial charge in [0.25, 0.3) is 0 Å². The van der Waals surface area contributed by atoms with Gasteiger partial charge in [-0.2, -0.15) is 0 Å². The molecule has 1 unspecified atom stereocenters. The van der Waals surface area contributed by atoms with E-state index < -0.39 is 9.84 Å². The molecule has 1 aromatic rings. The lowest BCUT2D eigenvalue weighted by atomic mass is 9.94. The van der Waals surface area contributed by atoms with Crippen LogP contribution in [0.3, 0.4) is 0 Å². The van der Waals surface area contributed by atoms with Crippen LogP contribution in [0.4, 0.5) is 0 Å². The summed E-state index contributed by atoms with van der Waals surface area (Å²) in [5.41, 5.74) is 4.93. The van der Waals surface area contributed by atoms with E-state index in [1.807, 2.05) is 38.1 Å². The second-order valence-corrected chi connectivity index (χ2v) is 9.19. The molecule has 0 spiro atoms. The molecule has 2 rings (SSSR count). The molecule has 0 aromatic heterocycles. The average Bonchev–Trinajstić information content (AvgIpc) is 3.06. The van der Waals surface area contributed by atoms with Crippen molar-refractivity contribution in [1.82, 2.24) is 0 Å². The third kappa shape index (κ3) is 5.62. The number of allylic oxidation sites excluding steroid dienone is 6. The van der Waals surface area contributed by atoms with Crippen molar-refractivity contribution in [3.05, 3.63) is 59.2 Å². The Balaban J connectivity index is 2.40. The molecule has 0 aliphatic heterocycles. The van der Waals surface area contributed by atoms with Crippen LogP contribution in [0.1, 0.15) is 45.1 Å². The SMILES string of the molecule is CC#C/C=C(\C/C=C\C(C)Cl)C1=C(c2ccc(S(C)(=O)=O)cc2)CCC1. The van der Waals surface area contributed by atoms with Crippen LogP contribution in [0, 0.1) is 11.8 Å². The maximum Gasteiger partial charge on any atom is 0.175 e. The van der Waals surface area contributed by atoms with Gasteiger partial charge >= 0.3 is 0 Å². The summed E-state index contributed by atoms with van der Waals surface area (Å²) in [7, 11) is -3.17. The summed E-state index contributed by atoms with van der Waals surface area (Å²) in [5, 5.41) is 0.00840. The van der Waals surface area contributed by atoms with Crippen LogP contribution in [0.2, 0.25) is 0 Å². The first-order valence-electron chi connectivity index (χ1n) is 8.78. The minimum atomic E-state index is -3.17. The van der Waals surface area contributed by atoms with Crippen molar-refractivity contribution in [3.8, 4) is 11.8 Å². The third-order valence-electron chi connectivity index (χ3n) is 4.37. The molecule has 0 fully saturated rings. The molecule has 1 aromatic carbocycles. The highest BCUT2D eigenvalue weighted by Gasteiger charge is 2.19. The van der Waals surface area contributed by atoms with E-state index in [0.29, 0.717) is 4.90 Å². The molecule has 0 N–H and O–H groups in total. The van der Waals surface area contributed by atoms with Gasteiger partial charge in [0.1, 0.15) is 0 Å². The lowest BCUT2D eigenvalue weighted by molar-refractivity contribution is 0.602. The van der Waals surface area contributed by atoms with Gasteiger partial charge in [0, 0.05) is 11.6 Å². The Morgan fingerprint density at radius 3 is 2.54 bits per heavy atom. The number of benzene rings is 1. The molecule has 0 radical (unpaired) electrons. The van der Waals surface area contributed by atoms with E-state index in [9.17, 15) is 8.42 Å². The van der Waals surface area contributed by atoms with E-state index in [2.05, 4.69) is 17.9 Å². The number of hydrogen-bond acceptors (Lipinski definition) is 2. The van der Waals surface area contributed by atoms with Gasteiger partial charge in [0.05, 0.1) is 4.90 Å². The minimum absolute atomic E-state index is 0.00840. The Morgan fingerprint density at radius 2 is 1.96 bits per heavy atom. The van der Waals surface area contributed by atoms with Crippen LogP contribution in [0.5, 0.6) is 0 Å². The summed E-state index contributed by atoms with van der Waals surface area (Å²) in [6.45, 7) is 3.77. The molecule has 4 heteroatoms. The van der Waals surface area contributed by atoms with Crippen molar-refractivity contribution < 1.29 is 8.42 Å². The first-order chi connectivity index (χ1) is 12.3. The molecule has 0 amide bonds. The quantitative estimate of drug-likeness (QED) is 0.363. The van der Waals surface area contributed by atoms with Crippen molar-refractivity contribution in [2.45, 2.75) is 49.8 Å². The highest BCUT2D eigenvalue weighted by molar-refractivity contribution is 7.90. The molecule has 1 atom stereocenters. The maximum absolute atomic E-state index is 11.7. The zero-order valence-corrected chi connectivity index (χ0v) is 17.1. The Morgan fingerprint density at radius 1 is 1.27 bits per heavy atom. The van der Waals surface area contributed by atoms with Gasteiger partial charge < -0.3 is 0 Å². The molecule has 26 heavy (non-hydrogen) atoms. The largest absolute Gasteiger partial charge is 0.224 e. The molecule has 1 aliphatic rings. The summed E-state index contributed by atoms with van der Waals surface area (Å²) in [5.74, 6) is 6.01. The fourth-order valence-electron chi connectivity index (χ4n) is 3.13. The molecule has 138 valence electrons. The van der Waals surface area contributed by atoms with E-state index >= 15 is 0 Å². The second kappa shape index (κ2) is 9.26. The molecule has 1 aliphatic carbocycles. The predicted molar refractivity (Wildman–Crippen MR) is 111 cm³/mol. The highest BCUT2D eigenvalue weighted by Crippen LogP contribution is 2.39. The summed E-state index contributed by atoms with van der Waals surface area (Å²) in [6, 6.07) is 7.21. The predicted octanol–water partition coefficient (Wildman–Crippen LogP) is 5.55. The van der Waals surface area contributed by atoms with Gasteiger partial charge in [0.2, 0.25) is 0 Å². The fourth-order valence-corrected chi connectivity index (χ4v) is 3.86. The van der Waals surface area contributed by atoms with Gasteiger partial charge in [-0.25, -0.2) is 8.42 Å². The van der Waals surface area contributed by atoms with E-state index in [1.54, 1.807) is 12.1 Å². The van der Waals surface area contributed by atoms with Crippen LogP contribution in [-0.4, -0.2) is 20.1 Å². The monoisotopic (exact) mass is 388 g/mol. The van der Waals surface area contributed by atoms with Crippen LogP contribution in [0.15, 0.2) is 58.5 Å². The van der Waals surface area contributed by atoms with Crippen LogP contribution in [-0.2, 0) is 9.84 Å². The zero-order chi connectivity index (χ0) is 19.2. The summed E-state index contributed by atoms with van der Waals surface area (Å²) >= 11 is 6.01.